The summed E-state index contributed by atoms with van der Waals surface area (Å²) < 4.78 is 4.64. The molecule has 0 spiro atoms. The van der Waals surface area contributed by atoms with Gasteiger partial charge in [0, 0.05) is 0 Å². The van der Waals surface area contributed by atoms with E-state index in [-0.39, 0.29) is 12.2 Å². The summed E-state index contributed by atoms with van der Waals surface area (Å²) >= 11 is 0. The zero-order valence-corrected chi connectivity index (χ0v) is 10.8. The van der Waals surface area contributed by atoms with Crippen molar-refractivity contribution in [2.24, 2.45) is 0 Å². The zero-order valence-electron chi connectivity index (χ0n) is 10.8. The van der Waals surface area contributed by atoms with Gasteiger partial charge in [-0.15, -0.1) is 0 Å². The topological polar surface area (TPSA) is 124 Å². The molecule has 0 saturated carbocycles. The molecule has 1 aromatic carbocycles. The van der Waals surface area contributed by atoms with E-state index in [0.29, 0.717) is 0 Å². The molecule has 0 fully saturated rings. The van der Waals surface area contributed by atoms with Crippen molar-refractivity contribution in [2.75, 3.05) is 6.61 Å². The first-order valence-corrected chi connectivity index (χ1v) is 5.94. The summed E-state index contributed by atoms with van der Waals surface area (Å²) in [6, 6.07) is 3.40. The molecule has 2 atom stereocenters. The van der Waals surface area contributed by atoms with E-state index in [9.17, 15) is 24.9 Å². The molecule has 4 N–H and O–H groups in total. The predicted molar refractivity (Wildman–Crippen MR) is 67.3 cm³/mol. The van der Waals surface area contributed by atoms with E-state index < -0.39 is 41.9 Å². The second-order valence-corrected chi connectivity index (χ2v) is 4.10. The lowest BCUT2D eigenvalue weighted by atomic mass is 9.99. The van der Waals surface area contributed by atoms with Crippen LogP contribution in [-0.2, 0) is 9.53 Å². The van der Waals surface area contributed by atoms with E-state index in [1.807, 2.05) is 0 Å². The summed E-state index contributed by atoms with van der Waals surface area (Å²) in [5.74, 6) is -2.49. The Labute approximate surface area is 115 Å². The molecule has 0 heterocycles. The third kappa shape index (κ3) is 3.94. The average molecular weight is 284 g/mol. The van der Waals surface area contributed by atoms with Gasteiger partial charge in [0.15, 0.2) is 0 Å². The lowest BCUT2D eigenvalue weighted by Crippen LogP contribution is -2.23. The summed E-state index contributed by atoms with van der Waals surface area (Å²) in [6.45, 7) is 1.77. The van der Waals surface area contributed by atoms with Crippen LogP contribution in [0.25, 0.3) is 0 Å². The molecular formula is C13H16O7. The lowest BCUT2D eigenvalue weighted by Gasteiger charge is -2.18. The van der Waals surface area contributed by atoms with Gasteiger partial charge in [0.1, 0.15) is 17.4 Å². The van der Waals surface area contributed by atoms with E-state index in [2.05, 4.69) is 4.74 Å². The van der Waals surface area contributed by atoms with Gasteiger partial charge < -0.3 is 25.2 Å². The molecule has 0 amide bonds. The summed E-state index contributed by atoms with van der Waals surface area (Å²) in [5, 5.41) is 37.8. The maximum absolute atomic E-state index is 11.2. The molecule has 2 unspecified atom stereocenters. The number of aliphatic hydroxyl groups excluding tert-OH is 2. The summed E-state index contributed by atoms with van der Waals surface area (Å²) in [7, 11) is 0. The fourth-order valence-corrected chi connectivity index (χ4v) is 1.63. The minimum Gasteiger partial charge on any atom is -0.507 e. The van der Waals surface area contributed by atoms with E-state index in [1.165, 1.54) is 6.07 Å². The van der Waals surface area contributed by atoms with Crippen LogP contribution >= 0.6 is 0 Å². The van der Waals surface area contributed by atoms with Crippen molar-refractivity contribution in [3.8, 4) is 5.75 Å². The maximum atomic E-state index is 11.2. The van der Waals surface area contributed by atoms with Gasteiger partial charge in [0.2, 0.25) is 0 Å². The summed E-state index contributed by atoms with van der Waals surface area (Å²) in [5.41, 5.74) is -0.318. The average Bonchev–Trinajstić information content (AvgIpc) is 2.38. The molecule has 7 nitrogen and oxygen atoms in total. The van der Waals surface area contributed by atoms with Crippen LogP contribution in [0.15, 0.2) is 18.2 Å². The Balaban J connectivity index is 2.86. The predicted octanol–water partition coefficient (Wildman–Crippen LogP) is 0.438. The van der Waals surface area contributed by atoms with Crippen molar-refractivity contribution in [1.82, 2.24) is 0 Å². The fourth-order valence-electron chi connectivity index (χ4n) is 1.63. The van der Waals surface area contributed by atoms with Crippen LogP contribution in [0.3, 0.4) is 0 Å². The Morgan fingerprint density at radius 1 is 1.30 bits per heavy atom. The maximum Gasteiger partial charge on any atom is 0.339 e. The number of carbonyl (C=O) groups excluding carboxylic acids is 1. The van der Waals surface area contributed by atoms with E-state index in [1.54, 1.807) is 6.92 Å². The number of aromatic carboxylic acids is 1. The van der Waals surface area contributed by atoms with Gasteiger partial charge >= 0.3 is 11.9 Å². The fraction of sp³-hybridized carbons (Fsp3) is 0.385. The van der Waals surface area contributed by atoms with Crippen LogP contribution in [-0.4, -0.2) is 45.1 Å². The molecule has 0 aliphatic rings. The van der Waals surface area contributed by atoms with Crippen molar-refractivity contribution < 1.29 is 34.8 Å². The van der Waals surface area contributed by atoms with Crippen LogP contribution in [0, 0.1) is 0 Å². The van der Waals surface area contributed by atoms with Crippen molar-refractivity contribution in [3.63, 3.8) is 0 Å². The number of carbonyl (C=O) groups is 2. The Kier molecular flexibility index (Phi) is 5.48. The quantitative estimate of drug-likeness (QED) is 0.558. The first-order chi connectivity index (χ1) is 9.36. The van der Waals surface area contributed by atoms with Gasteiger partial charge in [-0.25, -0.2) is 4.79 Å². The highest BCUT2D eigenvalue weighted by molar-refractivity contribution is 5.91. The number of aliphatic hydroxyl groups is 2. The number of carboxylic acids is 1. The Hall–Kier alpha value is -2.12. The molecule has 7 heteroatoms. The summed E-state index contributed by atoms with van der Waals surface area (Å²) in [6.07, 6.45) is -3.31. The smallest absolute Gasteiger partial charge is 0.339 e. The SMILES string of the molecule is CCOC(=O)CC(O)C(O)c1ccc(O)c(C(=O)O)c1. The Bertz CT molecular complexity index is 497. The number of hydrogen-bond acceptors (Lipinski definition) is 6. The molecule has 110 valence electrons. The highest BCUT2D eigenvalue weighted by Crippen LogP contribution is 2.25. The Morgan fingerprint density at radius 3 is 2.50 bits per heavy atom. The van der Waals surface area contributed by atoms with Gasteiger partial charge in [0.25, 0.3) is 0 Å². The zero-order chi connectivity index (χ0) is 15.3. The second kappa shape index (κ2) is 6.88. The summed E-state index contributed by atoms with van der Waals surface area (Å²) in [4.78, 5) is 22.0. The van der Waals surface area contributed by atoms with Gasteiger partial charge in [-0.2, -0.15) is 0 Å². The lowest BCUT2D eigenvalue weighted by molar-refractivity contribution is -0.147. The van der Waals surface area contributed by atoms with Gasteiger partial charge in [-0.1, -0.05) is 6.07 Å². The minimum atomic E-state index is -1.46. The van der Waals surface area contributed by atoms with Crippen LogP contribution < -0.4 is 0 Å². The largest absolute Gasteiger partial charge is 0.507 e. The van der Waals surface area contributed by atoms with Crippen LogP contribution in [0.5, 0.6) is 5.75 Å². The highest BCUT2D eigenvalue weighted by Gasteiger charge is 2.23. The molecule has 0 radical (unpaired) electrons. The number of phenols is 1. The third-order valence-corrected chi connectivity index (χ3v) is 2.64. The first-order valence-electron chi connectivity index (χ1n) is 5.94. The number of ether oxygens (including phenoxy) is 1. The van der Waals surface area contributed by atoms with Crippen molar-refractivity contribution in [3.05, 3.63) is 29.3 Å². The number of carboxylic acid groups (broad SMARTS) is 1. The van der Waals surface area contributed by atoms with Gasteiger partial charge in [-0.3, -0.25) is 4.79 Å². The third-order valence-electron chi connectivity index (χ3n) is 2.64. The monoisotopic (exact) mass is 284 g/mol. The standard InChI is InChI=1S/C13H16O7/c1-2-20-11(16)6-10(15)12(17)7-3-4-9(14)8(5-7)13(18)19/h3-5,10,12,14-15,17H,2,6H2,1H3,(H,18,19). The van der Waals surface area contributed by atoms with E-state index in [4.69, 9.17) is 5.11 Å². The highest BCUT2D eigenvalue weighted by atomic mass is 16.5. The Morgan fingerprint density at radius 2 is 1.95 bits per heavy atom. The van der Waals surface area contributed by atoms with Crippen LogP contribution in [0.4, 0.5) is 0 Å². The molecule has 20 heavy (non-hydrogen) atoms. The molecule has 0 aliphatic heterocycles. The number of rotatable bonds is 6. The second-order valence-electron chi connectivity index (χ2n) is 4.10. The normalized spacial score (nSPS) is 13.6. The first kappa shape index (κ1) is 15.9. The van der Waals surface area contributed by atoms with Gasteiger partial charge in [-0.05, 0) is 24.6 Å². The van der Waals surface area contributed by atoms with Crippen LogP contribution in [0.1, 0.15) is 35.4 Å². The molecule has 0 aromatic heterocycles. The molecule has 0 bridgehead atoms. The van der Waals surface area contributed by atoms with Gasteiger partial charge in [0.05, 0.1) is 19.1 Å². The van der Waals surface area contributed by atoms with Crippen molar-refractivity contribution in [1.29, 1.82) is 0 Å². The van der Waals surface area contributed by atoms with Crippen LogP contribution in [0.2, 0.25) is 0 Å². The van der Waals surface area contributed by atoms with E-state index in [0.717, 1.165) is 12.1 Å². The number of hydrogen-bond donors (Lipinski definition) is 4. The molecule has 0 aliphatic carbocycles. The van der Waals surface area contributed by atoms with E-state index >= 15 is 0 Å². The van der Waals surface area contributed by atoms with Crippen molar-refractivity contribution in [2.45, 2.75) is 25.6 Å². The molecular weight excluding hydrogens is 268 g/mol. The molecule has 0 saturated heterocycles. The number of benzene rings is 1. The molecule has 1 rings (SSSR count). The number of aromatic hydroxyl groups is 1. The van der Waals surface area contributed by atoms with Crippen molar-refractivity contribution >= 4 is 11.9 Å². The molecule has 1 aromatic rings. The minimum absolute atomic E-state index is 0.0806. The number of esters is 1.